The van der Waals surface area contributed by atoms with Gasteiger partial charge in [0.15, 0.2) is 0 Å². The fourth-order valence-electron chi connectivity index (χ4n) is 4.79. The Kier molecular flexibility index (Phi) is 11.6. The van der Waals surface area contributed by atoms with Gasteiger partial charge in [-0.25, -0.2) is 0 Å². The van der Waals surface area contributed by atoms with Crippen LogP contribution >= 0.6 is 24.2 Å². The standard InChI is InChI=1S/C17H16ClN3O4S.C16H16O/c18-13-2-12(7-21-14(8-22)17(23)24)15(3-16(13)26)25-9-11-1-10(4-19)5-20-6-11;17-11-12-7-9-14(10-8-12)16-6-2-4-13-3-1-5-15(13)16/h1-3,5-6,14,21-22,26H,7-9H2,(H,23,24);2,4,6-10,17H,1,3,5,11H2. The number of pyridine rings is 1. The Morgan fingerprint density at radius 1 is 1.09 bits per heavy atom. The second kappa shape index (κ2) is 15.5. The molecule has 0 bridgehead atoms. The summed E-state index contributed by atoms with van der Waals surface area (Å²) >= 11 is 10.3. The molecule has 10 heteroatoms. The van der Waals surface area contributed by atoms with E-state index in [-0.39, 0.29) is 19.8 Å². The number of ether oxygens (including phenoxy) is 1. The van der Waals surface area contributed by atoms with Crippen molar-refractivity contribution in [3.05, 3.63) is 111 Å². The molecule has 4 N–H and O–H groups in total. The van der Waals surface area contributed by atoms with Crippen LogP contribution in [0, 0.1) is 11.3 Å². The molecular weight excluding hydrogens is 586 g/mol. The molecule has 0 saturated heterocycles. The summed E-state index contributed by atoms with van der Waals surface area (Å²) < 4.78 is 5.78. The van der Waals surface area contributed by atoms with Gasteiger partial charge < -0.3 is 20.1 Å². The van der Waals surface area contributed by atoms with Gasteiger partial charge in [0.1, 0.15) is 24.5 Å². The summed E-state index contributed by atoms with van der Waals surface area (Å²) in [7, 11) is 0. The van der Waals surface area contributed by atoms with Gasteiger partial charge in [0.05, 0.1) is 23.8 Å². The first-order valence-corrected chi connectivity index (χ1v) is 14.5. The van der Waals surface area contributed by atoms with E-state index in [1.807, 2.05) is 18.2 Å². The number of carboxylic acids is 1. The van der Waals surface area contributed by atoms with Crippen molar-refractivity contribution in [3.63, 3.8) is 0 Å². The average molecular weight is 618 g/mol. The molecule has 1 aromatic heterocycles. The molecule has 0 fully saturated rings. The van der Waals surface area contributed by atoms with E-state index in [9.17, 15) is 4.79 Å². The average Bonchev–Trinajstić information content (AvgIpc) is 3.52. The number of thiol groups is 1. The number of aliphatic hydroxyl groups excluding tert-OH is 2. The van der Waals surface area contributed by atoms with Gasteiger partial charge in [-0.3, -0.25) is 15.1 Å². The third-order valence-corrected chi connectivity index (χ3v) is 7.88. The number of nitrogens with one attached hydrogen (secondary N) is 1. The van der Waals surface area contributed by atoms with Gasteiger partial charge >= 0.3 is 5.97 Å². The van der Waals surface area contributed by atoms with Gasteiger partial charge in [-0.05, 0) is 65.3 Å². The third kappa shape index (κ3) is 8.57. The molecule has 1 aliphatic carbocycles. The van der Waals surface area contributed by atoms with Crippen molar-refractivity contribution in [2.45, 2.75) is 50.0 Å². The van der Waals surface area contributed by atoms with Crippen molar-refractivity contribution in [2.24, 2.45) is 0 Å². The number of aliphatic carboxylic acids is 1. The highest BCUT2D eigenvalue weighted by molar-refractivity contribution is 7.80. The Bertz CT molecular complexity index is 1610. The van der Waals surface area contributed by atoms with Gasteiger partial charge in [-0.2, -0.15) is 5.26 Å². The van der Waals surface area contributed by atoms with E-state index >= 15 is 0 Å². The van der Waals surface area contributed by atoms with Crippen LogP contribution in [0.5, 0.6) is 5.75 Å². The maximum absolute atomic E-state index is 11.0. The summed E-state index contributed by atoms with van der Waals surface area (Å²) in [6.45, 7) is -0.145. The number of nitrogens with zero attached hydrogens (tertiary/aromatic N) is 2. The largest absolute Gasteiger partial charge is 0.488 e. The zero-order valence-electron chi connectivity index (χ0n) is 23.3. The molecule has 3 aromatic carbocycles. The molecule has 0 radical (unpaired) electrons. The summed E-state index contributed by atoms with van der Waals surface area (Å²) in [5.74, 6) is -0.706. The quantitative estimate of drug-likeness (QED) is 0.150. The molecule has 8 nitrogen and oxygen atoms in total. The predicted octanol–water partition coefficient (Wildman–Crippen LogP) is 5.34. The normalized spacial score (nSPS) is 12.4. The second-order valence-corrected chi connectivity index (χ2v) is 10.9. The Balaban J connectivity index is 0.000000213. The molecule has 43 heavy (non-hydrogen) atoms. The van der Waals surface area contributed by atoms with Crippen molar-refractivity contribution in [3.8, 4) is 22.9 Å². The molecular formula is C33H32ClN3O5S. The summed E-state index contributed by atoms with van der Waals surface area (Å²) in [6.07, 6.45) is 6.74. The first-order valence-electron chi connectivity index (χ1n) is 13.7. The molecule has 0 saturated carbocycles. The number of benzene rings is 3. The monoisotopic (exact) mass is 617 g/mol. The van der Waals surface area contributed by atoms with Crippen molar-refractivity contribution in [1.82, 2.24) is 10.3 Å². The molecule has 1 heterocycles. The number of aryl methyl sites for hydroxylation is 1. The van der Waals surface area contributed by atoms with Crippen molar-refractivity contribution in [1.29, 1.82) is 5.26 Å². The van der Waals surface area contributed by atoms with Crippen LogP contribution < -0.4 is 10.1 Å². The number of hydrogen-bond donors (Lipinski definition) is 5. The molecule has 0 spiro atoms. The lowest BCUT2D eigenvalue weighted by atomic mass is 9.96. The number of aliphatic hydroxyl groups is 2. The summed E-state index contributed by atoms with van der Waals surface area (Å²) in [4.78, 5) is 15.5. The zero-order valence-corrected chi connectivity index (χ0v) is 25.0. The minimum absolute atomic E-state index is 0.118. The van der Waals surface area contributed by atoms with Gasteiger partial charge in [0, 0.05) is 35.0 Å². The molecule has 5 rings (SSSR count). The molecule has 4 aromatic rings. The van der Waals surface area contributed by atoms with Crippen molar-refractivity contribution in [2.75, 3.05) is 6.61 Å². The van der Waals surface area contributed by atoms with Gasteiger partial charge in [-0.15, -0.1) is 12.6 Å². The molecule has 1 atom stereocenters. The van der Waals surface area contributed by atoms with Gasteiger partial charge in [-0.1, -0.05) is 54.1 Å². The maximum atomic E-state index is 11.0. The maximum Gasteiger partial charge on any atom is 0.323 e. The molecule has 0 amide bonds. The van der Waals surface area contributed by atoms with Crippen LogP contribution in [0.25, 0.3) is 11.1 Å². The number of rotatable bonds is 10. The van der Waals surface area contributed by atoms with E-state index in [4.69, 9.17) is 36.9 Å². The number of fused-ring (bicyclic) bond motifs is 1. The minimum Gasteiger partial charge on any atom is -0.488 e. The Morgan fingerprint density at radius 3 is 2.58 bits per heavy atom. The first kappa shape index (κ1) is 32.0. The predicted molar refractivity (Wildman–Crippen MR) is 167 cm³/mol. The number of halogens is 1. The number of carboxylic acid groups (broad SMARTS) is 1. The van der Waals surface area contributed by atoms with Crippen molar-refractivity contribution < 1.29 is 24.9 Å². The Labute approximate surface area is 261 Å². The Hall–Kier alpha value is -3.91. The fourth-order valence-corrected chi connectivity index (χ4v) is 5.16. The van der Waals surface area contributed by atoms with Gasteiger partial charge in [0.2, 0.25) is 0 Å². The van der Waals surface area contributed by atoms with Crippen LogP contribution in [0.1, 0.15) is 39.8 Å². The van der Waals surface area contributed by atoms with Crippen LogP contribution in [0.15, 0.2) is 78.0 Å². The van der Waals surface area contributed by atoms with E-state index in [2.05, 4.69) is 53.3 Å². The van der Waals surface area contributed by atoms with E-state index in [1.165, 1.54) is 47.7 Å². The minimum atomic E-state index is -1.16. The SMILES string of the molecule is N#Cc1cncc(COc2cc(S)c(Cl)cc2CNC(CO)C(=O)O)c1.OCc1ccc(-c2cccc3c2CCC3)cc1. The van der Waals surface area contributed by atoms with E-state index in [0.717, 1.165) is 5.56 Å². The van der Waals surface area contributed by atoms with E-state index in [0.29, 0.717) is 32.4 Å². The highest BCUT2D eigenvalue weighted by Gasteiger charge is 2.17. The lowest BCUT2D eigenvalue weighted by Gasteiger charge is -2.16. The summed E-state index contributed by atoms with van der Waals surface area (Å²) in [6, 6.07) is 20.6. The van der Waals surface area contributed by atoms with Crippen LogP contribution in [0.3, 0.4) is 0 Å². The first-order chi connectivity index (χ1) is 20.8. The number of carbonyl (C=O) groups is 1. The molecule has 0 aliphatic heterocycles. The molecule has 222 valence electrons. The Morgan fingerprint density at radius 2 is 1.88 bits per heavy atom. The van der Waals surface area contributed by atoms with Crippen LogP contribution in [0.2, 0.25) is 5.02 Å². The van der Waals surface area contributed by atoms with Crippen LogP contribution in [-0.2, 0) is 37.4 Å². The van der Waals surface area contributed by atoms with Crippen LogP contribution in [-0.4, -0.2) is 38.9 Å². The lowest BCUT2D eigenvalue weighted by molar-refractivity contribution is -0.140. The van der Waals surface area contributed by atoms with Crippen molar-refractivity contribution >= 4 is 30.2 Å². The smallest absolute Gasteiger partial charge is 0.323 e. The number of aromatic nitrogens is 1. The summed E-state index contributed by atoms with van der Waals surface area (Å²) in [5.41, 5.74) is 8.37. The van der Waals surface area contributed by atoms with Crippen LogP contribution in [0.4, 0.5) is 0 Å². The topological polar surface area (TPSA) is 136 Å². The number of nitriles is 1. The lowest BCUT2D eigenvalue weighted by Crippen LogP contribution is -2.39. The number of hydrogen-bond acceptors (Lipinski definition) is 8. The highest BCUT2D eigenvalue weighted by atomic mass is 35.5. The van der Waals surface area contributed by atoms with Gasteiger partial charge in [0.25, 0.3) is 0 Å². The second-order valence-electron chi connectivity index (χ2n) is 10.00. The third-order valence-electron chi connectivity index (χ3n) is 7.06. The highest BCUT2D eigenvalue weighted by Crippen LogP contribution is 2.33. The van der Waals surface area contributed by atoms with E-state index in [1.54, 1.807) is 24.4 Å². The molecule has 1 unspecified atom stereocenters. The summed E-state index contributed by atoms with van der Waals surface area (Å²) in [5, 5.41) is 39.2. The fraction of sp³-hybridized carbons (Fsp3) is 0.242. The zero-order chi connectivity index (χ0) is 30.8. The molecule has 1 aliphatic rings. The van der Waals surface area contributed by atoms with E-state index < -0.39 is 18.6 Å².